The van der Waals surface area contributed by atoms with Crippen LogP contribution in [0.2, 0.25) is 0 Å². The maximum atomic E-state index is 14.9. The summed E-state index contributed by atoms with van der Waals surface area (Å²) in [4.78, 5) is 22.8. The van der Waals surface area contributed by atoms with E-state index in [1.807, 2.05) is 6.07 Å². The van der Waals surface area contributed by atoms with Crippen LogP contribution in [0, 0.1) is 30.5 Å². The highest BCUT2D eigenvalue weighted by Crippen LogP contribution is 2.33. The molecule has 2 aromatic heterocycles. The molecule has 2 fully saturated rings. The van der Waals surface area contributed by atoms with Crippen molar-refractivity contribution in [3.05, 3.63) is 71.1 Å². The van der Waals surface area contributed by atoms with Gasteiger partial charge in [-0.15, -0.1) is 0 Å². The molecule has 0 unspecified atom stereocenters. The van der Waals surface area contributed by atoms with Crippen LogP contribution in [0.4, 0.5) is 28.9 Å². The number of aromatic nitrogens is 2. The highest BCUT2D eigenvalue weighted by molar-refractivity contribution is 6.04. The van der Waals surface area contributed by atoms with Crippen molar-refractivity contribution in [1.29, 1.82) is 0 Å². The van der Waals surface area contributed by atoms with Crippen LogP contribution < -0.4 is 10.2 Å². The van der Waals surface area contributed by atoms with Crippen molar-refractivity contribution in [2.75, 3.05) is 49.7 Å². The average Bonchev–Trinajstić information content (AvgIpc) is 3.47. The molecule has 208 valence electrons. The number of hydrogen-bond donors (Lipinski definition) is 1. The van der Waals surface area contributed by atoms with Crippen molar-refractivity contribution in [1.82, 2.24) is 9.97 Å². The first kappa shape index (κ1) is 27.6. The number of carbonyl (C=O) groups excluding carboxylic acids is 1. The van der Waals surface area contributed by atoms with Crippen molar-refractivity contribution in [2.45, 2.75) is 19.5 Å². The zero-order chi connectivity index (χ0) is 28.3. The van der Waals surface area contributed by atoms with E-state index in [0.29, 0.717) is 68.0 Å². The summed E-state index contributed by atoms with van der Waals surface area (Å²) in [5, 5.41) is 2.39. The van der Waals surface area contributed by atoms with Gasteiger partial charge >= 0.3 is 6.18 Å². The van der Waals surface area contributed by atoms with Crippen LogP contribution in [0.3, 0.4) is 0 Å². The fraction of sp³-hybridized carbons (Fsp3) is 0.345. The molecule has 7 nitrogen and oxygen atoms in total. The van der Waals surface area contributed by atoms with E-state index in [0.717, 1.165) is 24.4 Å². The molecule has 0 aliphatic carbocycles. The second-order valence-electron chi connectivity index (χ2n) is 9.55. The standard InChI is InChI=1S/C29H26F4N4O3/c1-18-12-23(30)25(36-28(38)20-4-6-34-27(14-20)29(31,32)33)15-22(18)21-13-26(37-7-10-39-11-8-37)24(35-16-21)3-2-19-5-9-40-17-19/h4,6,12-16,19H,5,7-11,17H2,1H3,(H,36,38)/t19-/m0/s1. The largest absolute Gasteiger partial charge is 0.433 e. The molecule has 5 rings (SSSR count). The second kappa shape index (κ2) is 11.6. The topological polar surface area (TPSA) is 76.6 Å². The predicted molar refractivity (Wildman–Crippen MR) is 140 cm³/mol. The van der Waals surface area contributed by atoms with Gasteiger partial charge in [-0.2, -0.15) is 13.2 Å². The van der Waals surface area contributed by atoms with Gasteiger partial charge in [0.15, 0.2) is 0 Å². The van der Waals surface area contributed by atoms with Crippen molar-refractivity contribution in [3.63, 3.8) is 0 Å². The van der Waals surface area contributed by atoms with E-state index >= 15 is 0 Å². The molecule has 11 heteroatoms. The number of nitrogens with zero attached hydrogens (tertiary/aromatic N) is 3. The van der Waals surface area contributed by atoms with Crippen molar-refractivity contribution in [3.8, 4) is 23.0 Å². The van der Waals surface area contributed by atoms with Gasteiger partial charge in [-0.25, -0.2) is 9.37 Å². The van der Waals surface area contributed by atoms with Gasteiger partial charge in [-0.3, -0.25) is 9.78 Å². The Morgan fingerprint density at radius 2 is 1.90 bits per heavy atom. The molecule has 1 amide bonds. The van der Waals surface area contributed by atoms with Crippen LogP contribution in [0.25, 0.3) is 11.1 Å². The Morgan fingerprint density at radius 1 is 1.10 bits per heavy atom. The number of ether oxygens (including phenoxy) is 2. The Labute approximate surface area is 228 Å². The van der Waals surface area contributed by atoms with E-state index in [-0.39, 0.29) is 17.2 Å². The Morgan fingerprint density at radius 3 is 2.62 bits per heavy atom. The number of morpholine rings is 1. The number of rotatable bonds is 4. The van der Waals surface area contributed by atoms with Crippen molar-refractivity contribution >= 4 is 17.3 Å². The van der Waals surface area contributed by atoms with Gasteiger partial charge < -0.3 is 19.7 Å². The van der Waals surface area contributed by atoms with E-state index in [1.165, 1.54) is 12.1 Å². The molecule has 0 saturated carbocycles. The number of alkyl halides is 3. The quantitative estimate of drug-likeness (QED) is 0.358. The first-order chi connectivity index (χ1) is 19.2. The van der Waals surface area contributed by atoms with Gasteiger partial charge in [0.05, 0.1) is 31.2 Å². The molecular formula is C29H26F4N4O3. The minimum Gasteiger partial charge on any atom is -0.380 e. The molecule has 1 aromatic carbocycles. The molecular weight excluding hydrogens is 528 g/mol. The molecule has 4 heterocycles. The van der Waals surface area contributed by atoms with E-state index in [4.69, 9.17) is 9.47 Å². The Hall–Kier alpha value is -4.01. The summed E-state index contributed by atoms with van der Waals surface area (Å²) >= 11 is 0. The monoisotopic (exact) mass is 554 g/mol. The Balaban J connectivity index is 1.47. The Kier molecular flexibility index (Phi) is 8.00. The normalized spacial score (nSPS) is 17.3. The van der Waals surface area contributed by atoms with E-state index < -0.39 is 23.6 Å². The number of aryl methyl sites for hydroxylation is 1. The van der Waals surface area contributed by atoms with Crippen molar-refractivity contribution in [2.24, 2.45) is 5.92 Å². The third-order valence-corrected chi connectivity index (χ3v) is 6.73. The summed E-state index contributed by atoms with van der Waals surface area (Å²) in [5.74, 6) is 4.98. The molecule has 0 spiro atoms. The third-order valence-electron chi connectivity index (χ3n) is 6.73. The van der Waals surface area contributed by atoms with Crippen LogP contribution in [0.15, 0.2) is 42.7 Å². The lowest BCUT2D eigenvalue weighted by Gasteiger charge is -2.29. The zero-order valence-electron chi connectivity index (χ0n) is 21.6. The molecule has 40 heavy (non-hydrogen) atoms. The minimum absolute atomic E-state index is 0.150. The molecule has 2 aliphatic rings. The molecule has 1 atom stereocenters. The first-order valence-electron chi connectivity index (χ1n) is 12.8. The van der Waals surface area contributed by atoms with E-state index in [2.05, 4.69) is 32.0 Å². The fourth-order valence-corrected chi connectivity index (χ4v) is 4.56. The third kappa shape index (κ3) is 6.24. The van der Waals surface area contributed by atoms with Crippen molar-refractivity contribution < 1.29 is 31.8 Å². The predicted octanol–water partition coefficient (Wildman–Crippen LogP) is 5.09. The number of benzene rings is 1. The summed E-state index contributed by atoms with van der Waals surface area (Å²) in [6, 6.07) is 6.40. The number of nitrogens with one attached hydrogen (secondary N) is 1. The summed E-state index contributed by atoms with van der Waals surface area (Å²) in [6.07, 6.45) is -1.31. The van der Waals surface area contributed by atoms with Gasteiger partial charge in [0.25, 0.3) is 5.91 Å². The number of anilines is 2. The average molecular weight is 555 g/mol. The lowest BCUT2D eigenvalue weighted by molar-refractivity contribution is -0.141. The lowest BCUT2D eigenvalue weighted by atomic mass is 9.99. The van der Waals surface area contributed by atoms with Gasteiger partial charge in [0, 0.05) is 49.1 Å². The summed E-state index contributed by atoms with van der Waals surface area (Å²) in [6.45, 7) is 5.44. The van der Waals surface area contributed by atoms with Crippen LogP contribution in [0.1, 0.15) is 33.7 Å². The highest BCUT2D eigenvalue weighted by Gasteiger charge is 2.33. The Bertz CT molecular complexity index is 1470. The number of halogens is 4. The summed E-state index contributed by atoms with van der Waals surface area (Å²) in [7, 11) is 0. The zero-order valence-corrected chi connectivity index (χ0v) is 21.6. The molecule has 1 N–H and O–H groups in total. The fourth-order valence-electron chi connectivity index (χ4n) is 4.56. The smallest absolute Gasteiger partial charge is 0.380 e. The summed E-state index contributed by atoms with van der Waals surface area (Å²) in [5.41, 5.74) is 1.62. The van der Waals surface area contributed by atoms with E-state index in [1.54, 1.807) is 13.1 Å². The second-order valence-corrected chi connectivity index (χ2v) is 9.55. The summed E-state index contributed by atoms with van der Waals surface area (Å²) < 4.78 is 65.0. The molecule has 2 saturated heterocycles. The number of pyridine rings is 2. The van der Waals surface area contributed by atoms with Crippen LogP contribution in [-0.4, -0.2) is 55.4 Å². The molecule has 2 aliphatic heterocycles. The maximum Gasteiger partial charge on any atom is 0.433 e. The van der Waals surface area contributed by atoms with Gasteiger partial charge in [-0.05, 0) is 60.7 Å². The van der Waals surface area contributed by atoms with Crippen LogP contribution >= 0.6 is 0 Å². The highest BCUT2D eigenvalue weighted by atomic mass is 19.4. The number of hydrogen-bond acceptors (Lipinski definition) is 6. The minimum atomic E-state index is -4.72. The number of carbonyl (C=O) groups is 1. The molecule has 0 bridgehead atoms. The van der Waals surface area contributed by atoms with Gasteiger partial charge in [-0.1, -0.05) is 5.92 Å². The first-order valence-corrected chi connectivity index (χ1v) is 12.8. The van der Waals surface area contributed by atoms with Gasteiger partial charge in [0.2, 0.25) is 0 Å². The van der Waals surface area contributed by atoms with Crippen LogP contribution in [0.5, 0.6) is 0 Å². The molecule has 3 aromatic rings. The van der Waals surface area contributed by atoms with Crippen LogP contribution in [-0.2, 0) is 15.7 Å². The van der Waals surface area contributed by atoms with E-state index in [9.17, 15) is 22.4 Å². The lowest BCUT2D eigenvalue weighted by Crippen LogP contribution is -2.36. The van der Waals surface area contributed by atoms with Gasteiger partial charge in [0.1, 0.15) is 17.2 Å². The SMILES string of the molecule is Cc1cc(F)c(NC(=O)c2ccnc(C(F)(F)F)c2)cc1-c1cnc(C#C[C@H]2CCOC2)c(N2CCOCC2)c1. The molecule has 0 radical (unpaired) electrons. The maximum absolute atomic E-state index is 14.9. The number of amides is 1.